The third kappa shape index (κ3) is 3.49. The van der Waals surface area contributed by atoms with Crippen LogP contribution in [-0.4, -0.2) is 46.2 Å². The average molecular weight is 300 g/mol. The van der Waals surface area contributed by atoms with Gasteiger partial charge in [-0.05, 0) is 19.1 Å². The standard InChI is InChI=1S/C15H20N6O/c1-11(21-7-9-22-10-8-21)13-18-14(16)20-15(19-13)17-12-5-3-2-4-6-12/h2-6,11H,7-10H2,1H3,(H3,16,17,18,19,20). The highest BCUT2D eigenvalue weighted by Gasteiger charge is 2.21. The van der Waals surface area contributed by atoms with Gasteiger partial charge < -0.3 is 15.8 Å². The quantitative estimate of drug-likeness (QED) is 0.886. The maximum Gasteiger partial charge on any atom is 0.232 e. The van der Waals surface area contributed by atoms with Gasteiger partial charge in [0.15, 0.2) is 5.82 Å². The summed E-state index contributed by atoms with van der Waals surface area (Å²) in [5.74, 6) is 1.37. The van der Waals surface area contributed by atoms with E-state index in [4.69, 9.17) is 10.5 Å². The first-order valence-electron chi connectivity index (χ1n) is 7.38. The molecule has 1 aromatic heterocycles. The SMILES string of the molecule is CC(c1nc(N)nc(Nc2ccccc2)n1)N1CCOCC1. The second-order valence-electron chi connectivity index (χ2n) is 5.19. The molecule has 0 saturated carbocycles. The number of nitrogens with one attached hydrogen (secondary N) is 1. The van der Waals surface area contributed by atoms with Crippen molar-refractivity contribution in [3.05, 3.63) is 36.2 Å². The third-order valence-corrected chi connectivity index (χ3v) is 3.67. The number of hydrogen-bond donors (Lipinski definition) is 2. The zero-order chi connectivity index (χ0) is 15.4. The van der Waals surface area contributed by atoms with Crippen molar-refractivity contribution in [2.45, 2.75) is 13.0 Å². The smallest absolute Gasteiger partial charge is 0.232 e. The van der Waals surface area contributed by atoms with E-state index in [0.717, 1.165) is 32.0 Å². The lowest BCUT2D eigenvalue weighted by Gasteiger charge is -2.31. The molecule has 2 heterocycles. The lowest BCUT2D eigenvalue weighted by molar-refractivity contribution is 0.0182. The number of ether oxygens (including phenoxy) is 1. The van der Waals surface area contributed by atoms with E-state index in [1.54, 1.807) is 0 Å². The lowest BCUT2D eigenvalue weighted by atomic mass is 10.2. The van der Waals surface area contributed by atoms with Gasteiger partial charge in [-0.25, -0.2) is 0 Å². The van der Waals surface area contributed by atoms with Gasteiger partial charge in [0.1, 0.15) is 0 Å². The number of nitrogen functional groups attached to an aromatic ring is 1. The van der Waals surface area contributed by atoms with E-state index < -0.39 is 0 Å². The maximum absolute atomic E-state index is 5.83. The van der Waals surface area contributed by atoms with E-state index in [2.05, 4.69) is 32.1 Å². The van der Waals surface area contributed by atoms with Crippen molar-refractivity contribution in [2.24, 2.45) is 0 Å². The van der Waals surface area contributed by atoms with Gasteiger partial charge in [0.25, 0.3) is 0 Å². The Morgan fingerprint density at radius 3 is 2.59 bits per heavy atom. The molecule has 1 aliphatic rings. The minimum Gasteiger partial charge on any atom is -0.379 e. The van der Waals surface area contributed by atoms with Crippen LogP contribution < -0.4 is 11.1 Å². The molecule has 1 atom stereocenters. The first-order chi connectivity index (χ1) is 10.7. The number of morpholine rings is 1. The number of benzene rings is 1. The average Bonchev–Trinajstić information content (AvgIpc) is 2.55. The summed E-state index contributed by atoms with van der Waals surface area (Å²) in [6.45, 7) is 5.29. The number of para-hydroxylation sites is 1. The largest absolute Gasteiger partial charge is 0.379 e. The minimum absolute atomic E-state index is 0.0746. The van der Waals surface area contributed by atoms with E-state index >= 15 is 0 Å². The summed E-state index contributed by atoms with van der Waals surface area (Å²) in [6, 6.07) is 9.83. The Hall–Kier alpha value is -2.25. The molecule has 2 aromatic rings. The van der Waals surface area contributed by atoms with Crippen LogP contribution in [0, 0.1) is 0 Å². The summed E-state index contributed by atoms with van der Waals surface area (Å²) < 4.78 is 5.38. The molecule has 1 fully saturated rings. The van der Waals surface area contributed by atoms with E-state index in [1.165, 1.54) is 0 Å². The molecule has 1 unspecified atom stereocenters. The summed E-state index contributed by atoms with van der Waals surface area (Å²) in [6.07, 6.45) is 0. The topological polar surface area (TPSA) is 89.2 Å². The number of aromatic nitrogens is 3. The number of nitrogens with two attached hydrogens (primary N) is 1. The molecule has 3 rings (SSSR count). The molecule has 1 aromatic carbocycles. The molecule has 7 nitrogen and oxygen atoms in total. The molecule has 116 valence electrons. The highest BCUT2D eigenvalue weighted by atomic mass is 16.5. The van der Waals surface area contributed by atoms with Crippen molar-refractivity contribution in [3.63, 3.8) is 0 Å². The summed E-state index contributed by atoms with van der Waals surface area (Å²) in [5, 5.41) is 3.16. The summed E-state index contributed by atoms with van der Waals surface area (Å²) in [7, 11) is 0. The van der Waals surface area contributed by atoms with Crippen LogP contribution in [0.3, 0.4) is 0 Å². The molecule has 1 aliphatic heterocycles. The molecule has 22 heavy (non-hydrogen) atoms. The van der Waals surface area contributed by atoms with Crippen molar-refractivity contribution in [1.82, 2.24) is 19.9 Å². The zero-order valence-electron chi connectivity index (χ0n) is 12.6. The fraction of sp³-hybridized carbons (Fsp3) is 0.400. The van der Waals surface area contributed by atoms with Crippen LogP contribution in [0.1, 0.15) is 18.8 Å². The van der Waals surface area contributed by atoms with Crippen molar-refractivity contribution in [2.75, 3.05) is 37.4 Å². The molecule has 7 heteroatoms. The van der Waals surface area contributed by atoms with E-state index in [0.29, 0.717) is 11.8 Å². The normalized spacial score (nSPS) is 17.1. The lowest BCUT2D eigenvalue weighted by Crippen LogP contribution is -2.38. The first-order valence-corrected chi connectivity index (χ1v) is 7.38. The molecule has 1 saturated heterocycles. The van der Waals surface area contributed by atoms with Crippen LogP contribution >= 0.6 is 0 Å². The molecular weight excluding hydrogens is 280 g/mol. The molecule has 3 N–H and O–H groups in total. The number of anilines is 3. The summed E-state index contributed by atoms with van der Waals surface area (Å²) >= 11 is 0. The van der Waals surface area contributed by atoms with E-state index in [1.807, 2.05) is 30.3 Å². The Morgan fingerprint density at radius 2 is 1.86 bits per heavy atom. The monoisotopic (exact) mass is 300 g/mol. The number of hydrogen-bond acceptors (Lipinski definition) is 7. The predicted molar refractivity (Wildman–Crippen MR) is 84.8 cm³/mol. The maximum atomic E-state index is 5.83. The molecule has 0 radical (unpaired) electrons. The van der Waals surface area contributed by atoms with Crippen LogP contribution in [0.25, 0.3) is 0 Å². The molecule has 0 aliphatic carbocycles. The highest BCUT2D eigenvalue weighted by Crippen LogP contribution is 2.20. The van der Waals surface area contributed by atoms with Crippen LogP contribution in [0.15, 0.2) is 30.3 Å². The van der Waals surface area contributed by atoms with Crippen molar-refractivity contribution >= 4 is 17.6 Å². The molecule has 0 bridgehead atoms. The van der Waals surface area contributed by atoms with Crippen LogP contribution in [0.5, 0.6) is 0 Å². The Bertz CT molecular complexity index is 615. The van der Waals surface area contributed by atoms with Crippen LogP contribution in [0.4, 0.5) is 17.6 Å². The fourth-order valence-corrected chi connectivity index (χ4v) is 2.43. The molecule has 0 amide bonds. The second-order valence-corrected chi connectivity index (χ2v) is 5.19. The Balaban J connectivity index is 1.80. The van der Waals surface area contributed by atoms with Gasteiger partial charge in [-0.3, -0.25) is 4.90 Å². The highest BCUT2D eigenvalue weighted by molar-refractivity contribution is 5.53. The first kappa shape index (κ1) is 14.7. The fourth-order valence-electron chi connectivity index (χ4n) is 2.43. The van der Waals surface area contributed by atoms with Gasteiger partial charge in [-0.15, -0.1) is 0 Å². The van der Waals surface area contributed by atoms with E-state index in [-0.39, 0.29) is 12.0 Å². The Kier molecular flexibility index (Phi) is 4.45. The number of rotatable bonds is 4. The van der Waals surface area contributed by atoms with Gasteiger partial charge >= 0.3 is 0 Å². The van der Waals surface area contributed by atoms with E-state index in [9.17, 15) is 0 Å². The van der Waals surface area contributed by atoms with Crippen molar-refractivity contribution < 1.29 is 4.74 Å². The van der Waals surface area contributed by atoms with Gasteiger partial charge in [0.2, 0.25) is 11.9 Å². The van der Waals surface area contributed by atoms with Crippen molar-refractivity contribution in [1.29, 1.82) is 0 Å². The van der Waals surface area contributed by atoms with Gasteiger partial charge in [-0.2, -0.15) is 15.0 Å². The Morgan fingerprint density at radius 1 is 1.14 bits per heavy atom. The Labute approximate surface area is 129 Å². The van der Waals surface area contributed by atoms with Gasteiger partial charge in [-0.1, -0.05) is 18.2 Å². The minimum atomic E-state index is 0.0746. The summed E-state index contributed by atoms with van der Waals surface area (Å²) in [4.78, 5) is 15.2. The predicted octanol–water partition coefficient (Wildman–Crippen LogP) is 1.59. The molecular formula is C15H20N6O. The molecule has 0 spiro atoms. The zero-order valence-corrected chi connectivity index (χ0v) is 12.6. The van der Waals surface area contributed by atoms with Crippen LogP contribution in [-0.2, 0) is 4.74 Å². The summed E-state index contributed by atoms with van der Waals surface area (Å²) in [5.41, 5.74) is 6.75. The van der Waals surface area contributed by atoms with Crippen LogP contribution in [0.2, 0.25) is 0 Å². The van der Waals surface area contributed by atoms with Gasteiger partial charge in [0.05, 0.1) is 19.3 Å². The number of nitrogens with zero attached hydrogens (tertiary/aromatic N) is 4. The van der Waals surface area contributed by atoms with Gasteiger partial charge in [0, 0.05) is 18.8 Å². The second kappa shape index (κ2) is 6.67. The third-order valence-electron chi connectivity index (χ3n) is 3.67. The van der Waals surface area contributed by atoms with Crippen molar-refractivity contribution in [3.8, 4) is 0 Å².